The molecular weight excluding hydrogens is 300 g/mol. The van der Waals surface area contributed by atoms with E-state index in [0.717, 1.165) is 35.7 Å². The average Bonchev–Trinajstić information content (AvgIpc) is 2.87. The molecule has 5 heteroatoms. The maximum atomic E-state index is 12.1. The third-order valence-corrected chi connectivity index (χ3v) is 4.14. The van der Waals surface area contributed by atoms with E-state index in [1.807, 2.05) is 24.4 Å². The number of nitrogens with one attached hydrogen (secondary N) is 2. The molecule has 0 spiro atoms. The Kier molecular flexibility index (Phi) is 6.28. The van der Waals surface area contributed by atoms with Gasteiger partial charge in [-0.2, -0.15) is 0 Å². The first-order valence-electron chi connectivity index (χ1n) is 7.77. The molecule has 0 fully saturated rings. The van der Waals surface area contributed by atoms with Crippen molar-refractivity contribution in [3.05, 3.63) is 35.0 Å². The summed E-state index contributed by atoms with van der Waals surface area (Å²) in [6.07, 6.45) is 5.00. The Bertz CT molecular complexity index is 618. The van der Waals surface area contributed by atoms with Gasteiger partial charge in [-0.3, -0.25) is 4.79 Å². The molecule has 1 aromatic heterocycles. The lowest BCUT2D eigenvalue weighted by Gasteiger charge is -2.15. The number of hydrogen-bond donors (Lipinski definition) is 3. The third kappa shape index (κ3) is 4.49. The second-order valence-corrected chi connectivity index (χ2v) is 6.09. The van der Waals surface area contributed by atoms with Crippen LogP contribution < -0.4 is 5.32 Å². The number of aromatic amines is 1. The van der Waals surface area contributed by atoms with Crippen LogP contribution in [0.5, 0.6) is 0 Å². The molecule has 0 aliphatic rings. The standard InChI is InChI=1S/C17H23ClN2O2/c1-2-3-12(6-7-21)10-20-17(22)8-13-11-19-16-5-4-14(18)9-15(13)16/h4-5,9,11-12,19,21H,2-3,6-8,10H2,1H3,(H,20,22). The first-order valence-corrected chi connectivity index (χ1v) is 8.15. The molecule has 4 nitrogen and oxygen atoms in total. The highest BCUT2D eigenvalue weighted by Gasteiger charge is 2.12. The maximum Gasteiger partial charge on any atom is 0.224 e. The Hall–Kier alpha value is -1.52. The fraction of sp³-hybridized carbons (Fsp3) is 0.471. The first-order chi connectivity index (χ1) is 10.6. The van der Waals surface area contributed by atoms with Gasteiger partial charge in [0.1, 0.15) is 0 Å². The summed E-state index contributed by atoms with van der Waals surface area (Å²) >= 11 is 6.02. The molecule has 0 saturated heterocycles. The van der Waals surface area contributed by atoms with Crippen LogP contribution in [0.1, 0.15) is 31.7 Å². The van der Waals surface area contributed by atoms with E-state index in [1.54, 1.807) is 0 Å². The van der Waals surface area contributed by atoms with E-state index in [-0.39, 0.29) is 12.5 Å². The van der Waals surface area contributed by atoms with Gasteiger partial charge in [-0.05, 0) is 42.5 Å². The van der Waals surface area contributed by atoms with E-state index in [4.69, 9.17) is 16.7 Å². The van der Waals surface area contributed by atoms with Gasteiger partial charge in [-0.15, -0.1) is 0 Å². The quantitative estimate of drug-likeness (QED) is 0.698. The van der Waals surface area contributed by atoms with Gasteiger partial charge in [0.2, 0.25) is 5.91 Å². The Morgan fingerprint density at radius 2 is 2.23 bits per heavy atom. The van der Waals surface area contributed by atoms with Gasteiger partial charge in [0, 0.05) is 35.3 Å². The lowest BCUT2D eigenvalue weighted by atomic mass is 10.00. The van der Waals surface area contributed by atoms with Crippen LogP contribution in [0.25, 0.3) is 10.9 Å². The highest BCUT2D eigenvalue weighted by molar-refractivity contribution is 6.31. The molecule has 120 valence electrons. The molecule has 0 aliphatic carbocycles. The van der Waals surface area contributed by atoms with Crippen molar-refractivity contribution in [3.63, 3.8) is 0 Å². The summed E-state index contributed by atoms with van der Waals surface area (Å²) in [6, 6.07) is 5.62. The van der Waals surface area contributed by atoms with Crippen LogP contribution in [0.4, 0.5) is 0 Å². The number of aliphatic hydroxyl groups is 1. The van der Waals surface area contributed by atoms with Crippen molar-refractivity contribution in [2.24, 2.45) is 5.92 Å². The molecule has 3 N–H and O–H groups in total. The second-order valence-electron chi connectivity index (χ2n) is 5.65. The summed E-state index contributed by atoms with van der Waals surface area (Å²) in [6.45, 7) is 2.90. The molecular formula is C17H23ClN2O2. The van der Waals surface area contributed by atoms with Crippen molar-refractivity contribution < 1.29 is 9.90 Å². The Labute approximate surface area is 135 Å². The first kappa shape index (κ1) is 16.8. The summed E-state index contributed by atoms with van der Waals surface area (Å²) in [7, 11) is 0. The molecule has 2 aromatic rings. The maximum absolute atomic E-state index is 12.1. The molecule has 22 heavy (non-hydrogen) atoms. The van der Waals surface area contributed by atoms with Gasteiger partial charge in [0.25, 0.3) is 0 Å². The van der Waals surface area contributed by atoms with Gasteiger partial charge in [0.15, 0.2) is 0 Å². The minimum absolute atomic E-state index is 0.0000756. The van der Waals surface area contributed by atoms with Gasteiger partial charge in [-0.25, -0.2) is 0 Å². The van der Waals surface area contributed by atoms with Crippen LogP contribution in [-0.4, -0.2) is 29.1 Å². The monoisotopic (exact) mass is 322 g/mol. The Morgan fingerprint density at radius 1 is 1.41 bits per heavy atom. The summed E-state index contributed by atoms with van der Waals surface area (Å²) in [5.74, 6) is 0.344. The van der Waals surface area contributed by atoms with Crippen molar-refractivity contribution in [2.75, 3.05) is 13.2 Å². The predicted octanol–water partition coefficient (Wildman–Crippen LogP) is 3.28. The molecule has 0 radical (unpaired) electrons. The van der Waals surface area contributed by atoms with Crippen LogP contribution in [0.3, 0.4) is 0 Å². The van der Waals surface area contributed by atoms with E-state index in [2.05, 4.69) is 17.2 Å². The second kappa shape index (κ2) is 8.20. The highest BCUT2D eigenvalue weighted by Crippen LogP contribution is 2.22. The number of rotatable bonds is 8. The predicted molar refractivity (Wildman–Crippen MR) is 90.1 cm³/mol. The molecule has 1 atom stereocenters. The number of H-pyrrole nitrogens is 1. The fourth-order valence-electron chi connectivity index (χ4n) is 2.73. The van der Waals surface area contributed by atoms with E-state index >= 15 is 0 Å². The zero-order valence-corrected chi connectivity index (χ0v) is 13.6. The topological polar surface area (TPSA) is 65.1 Å². The Balaban J connectivity index is 1.94. The molecule has 1 unspecified atom stereocenters. The van der Waals surface area contributed by atoms with Crippen LogP contribution in [0.15, 0.2) is 24.4 Å². The van der Waals surface area contributed by atoms with Crippen molar-refractivity contribution >= 4 is 28.4 Å². The number of carbonyl (C=O) groups is 1. The molecule has 0 bridgehead atoms. The average molecular weight is 323 g/mol. The molecule has 1 heterocycles. The van der Waals surface area contributed by atoms with Gasteiger partial charge in [0.05, 0.1) is 6.42 Å². The zero-order valence-electron chi connectivity index (χ0n) is 12.9. The summed E-state index contributed by atoms with van der Waals surface area (Å²) in [5, 5.41) is 13.7. The smallest absolute Gasteiger partial charge is 0.224 e. The van der Waals surface area contributed by atoms with Crippen molar-refractivity contribution in [3.8, 4) is 0 Å². The van der Waals surface area contributed by atoms with Crippen molar-refractivity contribution in [2.45, 2.75) is 32.6 Å². The zero-order chi connectivity index (χ0) is 15.9. The molecule has 1 amide bonds. The number of aliphatic hydroxyl groups excluding tert-OH is 1. The van der Waals surface area contributed by atoms with E-state index < -0.39 is 0 Å². The van der Waals surface area contributed by atoms with E-state index in [0.29, 0.717) is 23.9 Å². The number of amides is 1. The van der Waals surface area contributed by atoms with Crippen LogP contribution >= 0.6 is 11.6 Å². The van der Waals surface area contributed by atoms with Crippen molar-refractivity contribution in [1.82, 2.24) is 10.3 Å². The summed E-state index contributed by atoms with van der Waals surface area (Å²) in [5.41, 5.74) is 1.93. The normalized spacial score (nSPS) is 12.5. The van der Waals surface area contributed by atoms with Crippen LogP contribution in [0.2, 0.25) is 5.02 Å². The van der Waals surface area contributed by atoms with Crippen molar-refractivity contribution in [1.29, 1.82) is 0 Å². The van der Waals surface area contributed by atoms with Gasteiger partial charge < -0.3 is 15.4 Å². The molecule has 1 aromatic carbocycles. The SMILES string of the molecule is CCCC(CCO)CNC(=O)Cc1c[nH]c2ccc(Cl)cc12. The van der Waals surface area contributed by atoms with Gasteiger partial charge in [-0.1, -0.05) is 24.9 Å². The molecule has 0 saturated carbocycles. The molecule has 2 rings (SSSR count). The minimum atomic E-state index is -0.0000756. The van der Waals surface area contributed by atoms with E-state index in [1.165, 1.54) is 0 Å². The van der Waals surface area contributed by atoms with E-state index in [9.17, 15) is 4.79 Å². The number of fused-ring (bicyclic) bond motifs is 1. The largest absolute Gasteiger partial charge is 0.396 e. The number of hydrogen-bond acceptors (Lipinski definition) is 2. The summed E-state index contributed by atoms with van der Waals surface area (Å²) in [4.78, 5) is 15.3. The minimum Gasteiger partial charge on any atom is -0.396 e. The Morgan fingerprint density at radius 3 is 2.95 bits per heavy atom. The molecule has 0 aliphatic heterocycles. The fourth-order valence-corrected chi connectivity index (χ4v) is 2.90. The van der Waals surface area contributed by atoms with Crippen LogP contribution in [0, 0.1) is 5.92 Å². The number of benzene rings is 1. The third-order valence-electron chi connectivity index (χ3n) is 3.90. The number of carbonyl (C=O) groups excluding carboxylic acids is 1. The number of halogens is 1. The number of aromatic nitrogens is 1. The lowest BCUT2D eigenvalue weighted by molar-refractivity contribution is -0.120. The summed E-state index contributed by atoms with van der Waals surface area (Å²) < 4.78 is 0. The lowest BCUT2D eigenvalue weighted by Crippen LogP contribution is -2.30. The van der Waals surface area contributed by atoms with Gasteiger partial charge >= 0.3 is 0 Å². The highest BCUT2D eigenvalue weighted by atomic mass is 35.5. The van der Waals surface area contributed by atoms with Crippen LogP contribution in [-0.2, 0) is 11.2 Å².